The van der Waals surface area contributed by atoms with Gasteiger partial charge in [0.25, 0.3) is 5.91 Å². The lowest BCUT2D eigenvalue weighted by molar-refractivity contribution is 0.0954. The van der Waals surface area contributed by atoms with Gasteiger partial charge in [-0.1, -0.05) is 20.8 Å². The lowest BCUT2D eigenvalue weighted by Crippen LogP contribution is -2.25. The molecule has 1 aromatic rings. The zero-order valence-electron chi connectivity index (χ0n) is 13.8. The van der Waals surface area contributed by atoms with E-state index in [2.05, 4.69) is 10.5 Å². The second-order valence-electron chi connectivity index (χ2n) is 6.17. The van der Waals surface area contributed by atoms with Crippen LogP contribution in [0.5, 0.6) is 0 Å². The van der Waals surface area contributed by atoms with Crippen LogP contribution in [0.4, 0.5) is 5.69 Å². The highest BCUT2D eigenvalue weighted by Gasteiger charge is 2.15. The number of carbonyl (C=O) groups is 1. The molecule has 6 nitrogen and oxygen atoms in total. The molecule has 0 atom stereocenters. The topological polar surface area (TPSA) is 78.8 Å². The first kappa shape index (κ1) is 18.2. The minimum atomic E-state index is -3.32. The molecule has 0 heterocycles. The summed E-state index contributed by atoms with van der Waals surface area (Å²) in [6.45, 7) is 7.87. The first-order valence-electron chi connectivity index (χ1n) is 6.82. The third-order valence-electron chi connectivity index (χ3n) is 3.40. The molecule has 0 fully saturated rings. The Hall–Kier alpha value is -1.89. The van der Waals surface area contributed by atoms with E-state index in [-0.39, 0.29) is 11.3 Å². The molecule has 1 amide bonds. The lowest BCUT2D eigenvalue weighted by atomic mass is 9.91. The molecular formula is C15H23N3O3S. The van der Waals surface area contributed by atoms with Crippen molar-refractivity contribution in [1.29, 1.82) is 0 Å². The summed E-state index contributed by atoms with van der Waals surface area (Å²) in [5.41, 5.74) is 4.11. The van der Waals surface area contributed by atoms with E-state index in [4.69, 9.17) is 0 Å². The van der Waals surface area contributed by atoms with Crippen LogP contribution in [0.15, 0.2) is 29.4 Å². The van der Waals surface area contributed by atoms with Crippen molar-refractivity contribution in [2.75, 3.05) is 17.6 Å². The van der Waals surface area contributed by atoms with Gasteiger partial charge in [-0.15, -0.1) is 0 Å². The molecule has 0 saturated carbocycles. The number of benzene rings is 1. The number of carbonyl (C=O) groups excluding carboxylic acids is 1. The van der Waals surface area contributed by atoms with Crippen molar-refractivity contribution in [3.63, 3.8) is 0 Å². The van der Waals surface area contributed by atoms with Gasteiger partial charge in [-0.2, -0.15) is 5.10 Å². The van der Waals surface area contributed by atoms with E-state index in [9.17, 15) is 13.2 Å². The average molecular weight is 325 g/mol. The Labute approximate surface area is 132 Å². The van der Waals surface area contributed by atoms with Crippen molar-refractivity contribution >= 4 is 27.3 Å². The number of amides is 1. The third-order valence-corrected chi connectivity index (χ3v) is 4.61. The quantitative estimate of drug-likeness (QED) is 0.681. The second kappa shape index (κ2) is 6.48. The van der Waals surface area contributed by atoms with Gasteiger partial charge >= 0.3 is 0 Å². The van der Waals surface area contributed by atoms with Gasteiger partial charge < -0.3 is 0 Å². The molecule has 1 aromatic carbocycles. The van der Waals surface area contributed by atoms with Crippen LogP contribution in [-0.4, -0.2) is 33.3 Å². The highest BCUT2D eigenvalue weighted by atomic mass is 32.2. The van der Waals surface area contributed by atoms with Crippen molar-refractivity contribution in [3.8, 4) is 0 Å². The van der Waals surface area contributed by atoms with E-state index >= 15 is 0 Å². The molecule has 22 heavy (non-hydrogen) atoms. The van der Waals surface area contributed by atoms with E-state index in [0.29, 0.717) is 11.3 Å². The Morgan fingerprint density at radius 1 is 1.18 bits per heavy atom. The van der Waals surface area contributed by atoms with Crippen molar-refractivity contribution < 1.29 is 13.2 Å². The number of hydrogen-bond acceptors (Lipinski definition) is 4. The van der Waals surface area contributed by atoms with Crippen LogP contribution in [0, 0.1) is 5.41 Å². The fraction of sp³-hybridized carbons (Fsp3) is 0.467. The molecule has 122 valence electrons. The summed E-state index contributed by atoms with van der Waals surface area (Å²) in [6.07, 6.45) is 1.12. The first-order chi connectivity index (χ1) is 9.93. The molecular weight excluding hydrogens is 302 g/mol. The van der Waals surface area contributed by atoms with Crippen LogP contribution >= 0.6 is 0 Å². The molecule has 0 aromatic heterocycles. The highest BCUT2D eigenvalue weighted by molar-refractivity contribution is 7.92. The molecule has 0 aliphatic carbocycles. The van der Waals surface area contributed by atoms with Crippen LogP contribution in [0.1, 0.15) is 38.1 Å². The Kier molecular flexibility index (Phi) is 5.35. The van der Waals surface area contributed by atoms with E-state index in [1.807, 2.05) is 27.7 Å². The van der Waals surface area contributed by atoms with Crippen molar-refractivity contribution in [2.24, 2.45) is 10.5 Å². The van der Waals surface area contributed by atoms with Gasteiger partial charge in [0.15, 0.2) is 0 Å². The van der Waals surface area contributed by atoms with Gasteiger partial charge in [0.2, 0.25) is 10.0 Å². The third kappa shape index (κ3) is 4.84. The second-order valence-corrected chi connectivity index (χ2v) is 8.18. The summed E-state index contributed by atoms with van der Waals surface area (Å²) in [4.78, 5) is 12.0. The molecule has 1 N–H and O–H groups in total. The first-order valence-corrected chi connectivity index (χ1v) is 8.67. The van der Waals surface area contributed by atoms with E-state index in [1.54, 1.807) is 24.3 Å². The molecule has 0 saturated heterocycles. The fourth-order valence-corrected chi connectivity index (χ4v) is 1.89. The largest absolute Gasteiger partial charge is 0.274 e. The van der Waals surface area contributed by atoms with E-state index < -0.39 is 10.0 Å². The number of hydrogen-bond donors (Lipinski definition) is 1. The molecule has 0 radical (unpaired) electrons. The predicted molar refractivity (Wildman–Crippen MR) is 89.7 cm³/mol. The summed E-state index contributed by atoms with van der Waals surface area (Å²) < 4.78 is 24.1. The maximum atomic E-state index is 12.0. The van der Waals surface area contributed by atoms with Crippen molar-refractivity contribution in [3.05, 3.63) is 29.8 Å². The number of sulfonamides is 1. The predicted octanol–water partition coefficient (Wildman–Crippen LogP) is 2.23. The fourth-order valence-electron chi connectivity index (χ4n) is 1.38. The zero-order valence-corrected chi connectivity index (χ0v) is 14.7. The minimum Gasteiger partial charge on any atom is -0.274 e. The SMILES string of the molecule is C/C(=N/NC(=O)c1ccc(N(C)S(C)(=O)=O)cc1)C(C)(C)C. The summed E-state index contributed by atoms with van der Waals surface area (Å²) in [7, 11) is -1.86. The smallest absolute Gasteiger partial charge is 0.271 e. The molecule has 1 rings (SSSR count). The summed E-state index contributed by atoms with van der Waals surface area (Å²) >= 11 is 0. The number of nitrogens with one attached hydrogen (secondary N) is 1. The Balaban J connectivity index is 2.86. The van der Waals surface area contributed by atoms with E-state index in [0.717, 1.165) is 16.3 Å². The van der Waals surface area contributed by atoms with Crippen LogP contribution < -0.4 is 9.73 Å². The molecule has 0 spiro atoms. The molecule has 0 unspecified atom stereocenters. The van der Waals surface area contributed by atoms with Gasteiger partial charge in [-0.3, -0.25) is 9.10 Å². The Bertz CT molecular complexity index is 671. The van der Waals surface area contributed by atoms with Crippen LogP contribution in [0.3, 0.4) is 0 Å². The molecule has 7 heteroatoms. The Morgan fingerprint density at radius 3 is 2.09 bits per heavy atom. The lowest BCUT2D eigenvalue weighted by Gasteiger charge is -2.18. The summed E-state index contributed by atoms with van der Waals surface area (Å²) in [6, 6.07) is 6.29. The zero-order chi connectivity index (χ0) is 17.1. The van der Waals surface area contributed by atoms with Gasteiger partial charge in [0.1, 0.15) is 0 Å². The van der Waals surface area contributed by atoms with Crippen LogP contribution in [0.2, 0.25) is 0 Å². The molecule has 0 aliphatic heterocycles. The van der Waals surface area contributed by atoms with Crippen LogP contribution in [0.25, 0.3) is 0 Å². The van der Waals surface area contributed by atoms with Crippen molar-refractivity contribution in [2.45, 2.75) is 27.7 Å². The van der Waals surface area contributed by atoms with E-state index in [1.165, 1.54) is 7.05 Å². The monoisotopic (exact) mass is 325 g/mol. The van der Waals surface area contributed by atoms with Gasteiger partial charge in [-0.05, 0) is 31.2 Å². The summed E-state index contributed by atoms with van der Waals surface area (Å²) in [5.74, 6) is -0.336. The molecule has 0 aliphatic rings. The highest BCUT2D eigenvalue weighted by Crippen LogP contribution is 2.17. The van der Waals surface area contributed by atoms with Gasteiger partial charge in [0.05, 0.1) is 11.9 Å². The number of anilines is 1. The minimum absolute atomic E-state index is 0.116. The van der Waals surface area contributed by atoms with Crippen LogP contribution in [-0.2, 0) is 10.0 Å². The van der Waals surface area contributed by atoms with Gasteiger partial charge in [0, 0.05) is 23.7 Å². The average Bonchev–Trinajstić information content (AvgIpc) is 2.41. The summed E-state index contributed by atoms with van der Waals surface area (Å²) in [5, 5.41) is 4.08. The number of rotatable bonds is 4. The maximum Gasteiger partial charge on any atom is 0.271 e. The normalized spacial score (nSPS) is 12.9. The Morgan fingerprint density at radius 2 is 1.68 bits per heavy atom. The van der Waals surface area contributed by atoms with Crippen molar-refractivity contribution in [1.82, 2.24) is 5.43 Å². The number of nitrogens with zero attached hydrogens (tertiary/aromatic N) is 2. The standard InChI is InChI=1S/C15H23N3O3S/c1-11(15(2,3)4)16-17-14(19)12-7-9-13(10-8-12)18(5)22(6,20)21/h7-10H,1-6H3,(H,17,19)/b16-11-. The maximum absolute atomic E-state index is 12.0. The van der Waals surface area contributed by atoms with Gasteiger partial charge in [-0.25, -0.2) is 13.8 Å². The molecule has 0 bridgehead atoms. The number of hydrazone groups is 1.